The lowest BCUT2D eigenvalue weighted by Gasteiger charge is -2.22. The smallest absolute Gasteiger partial charge is 0.322 e. The van der Waals surface area contributed by atoms with E-state index in [-0.39, 0.29) is 24.7 Å². The van der Waals surface area contributed by atoms with Crippen molar-refractivity contribution in [3.8, 4) is 0 Å². The molecule has 0 bridgehead atoms. The first-order chi connectivity index (χ1) is 9.45. The monoisotopic (exact) mass is 284 g/mol. The number of aliphatic carboxylic acids is 1. The van der Waals surface area contributed by atoms with E-state index in [4.69, 9.17) is 5.11 Å². The molecule has 0 radical (unpaired) electrons. The second-order valence-corrected chi connectivity index (χ2v) is 4.66. The number of rotatable bonds is 5. The number of carbonyl (C=O) groups is 2. The molecule has 1 aromatic carbocycles. The molecule has 20 heavy (non-hydrogen) atoms. The molecule has 2 rings (SSSR count). The maximum atomic E-state index is 13.0. The van der Waals surface area contributed by atoms with Crippen molar-refractivity contribution in [3.05, 3.63) is 29.8 Å². The fourth-order valence-electron chi connectivity index (χ4n) is 1.87. The quantitative estimate of drug-likeness (QED) is 0.872. The average Bonchev–Trinajstić information content (AvgIpc) is 3.11. The molecule has 1 saturated carbocycles. The predicted molar refractivity (Wildman–Crippen MR) is 67.4 cm³/mol. The fourth-order valence-corrected chi connectivity index (χ4v) is 1.87. The van der Waals surface area contributed by atoms with E-state index in [1.807, 2.05) is 0 Å². The maximum absolute atomic E-state index is 13.0. The molecule has 2 N–H and O–H groups in total. The molecule has 1 aliphatic carbocycles. The molecular formula is C13H14F2N2O3. The van der Waals surface area contributed by atoms with Crippen LogP contribution in [0.15, 0.2) is 18.2 Å². The topological polar surface area (TPSA) is 69.6 Å². The molecule has 5 nitrogen and oxygen atoms in total. The second-order valence-electron chi connectivity index (χ2n) is 4.66. The highest BCUT2D eigenvalue weighted by atomic mass is 19.1. The lowest BCUT2D eigenvalue weighted by molar-refractivity contribution is -0.137. The van der Waals surface area contributed by atoms with Crippen LogP contribution >= 0.6 is 0 Å². The number of nitrogens with zero attached hydrogens (tertiary/aromatic N) is 1. The normalized spacial score (nSPS) is 13.9. The van der Waals surface area contributed by atoms with Crippen LogP contribution in [0.1, 0.15) is 19.3 Å². The molecule has 1 aliphatic rings. The number of halogens is 2. The third-order valence-corrected chi connectivity index (χ3v) is 2.93. The van der Waals surface area contributed by atoms with Gasteiger partial charge in [0.1, 0.15) is 11.6 Å². The van der Waals surface area contributed by atoms with Crippen LogP contribution in [-0.4, -0.2) is 34.6 Å². The highest BCUT2D eigenvalue weighted by molar-refractivity contribution is 5.90. The zero-order valence-corrected chi connectivity index (χ0v) is 10.6. The van der Waals surface area contributed by atoms with E-state index in [0.29, 0.717) is 6.07 Å². The number of nitrogens with one attached hydrogen (secondary N) is 1. The third kappa shape index (κ3) is 3.91. The van der Waals surface area contributed by atoms with Crippen molar-refractivity contribution in [3.63, 3.8) is 0 Å². The number of carbonyl (C=O) groups excluding carboxylic acids is 1. The number of carboxylic acid groups (broad SMARTS) is 1. The Morgan fingerprint density at radius 1 is 1.25 bits per heavy atom. The minimum absolute atomic E-state index is 0.00718. The van der Waals surface area contributed by atoms with Crippen molar-refractivity contribution in [2.45, 2.75) is 25.3 Å². The van der Waals surface area contributed by atoms with Crippen LogP contribution in [0, 0.1) is 11.6 Å². The van der Waals surface area contributed by atoms with E-state index >= 15 is 0 Å². The summed E-state index contributed by atoms with van der Waals surface area (Å²) in [6.07, 6.45) is 1.45. The van der Waals surface area contributed by atoms with E-state index in [9.17, 15) is 18.4 Å². The van der Waals surface area contributed by atoms with Gasteiger partial charge in [-0.1, -0.05) is 0 Å². The van der Waals surface area contributed by atoms with E-state index in [2.05, 4.69) is 5.32 Å². The summed E-state index contributed by atoms with van der Waals surface area (Å²) < 4.78 is 26.0. The van der Waals surface area contributed by atoms with Gasteiger partial charge in [0.15, 0.2) is 0 Å². The Morgan fingerprint density at radius 3 is 2.35 bits per heavy atom. The summed E-state index contributed by atoms with van der Waals surface area (Å²) >= 11 is 0. The average molecular weight is 284 g/mol. The van der Waals surface area contributed by atoms with Crippen molar-refractivity contribution in [2.24, 2.45) is 0 Å². The zero-order valence-electron chi connectivity index (χ0n) is 10.6. The number of hydrogen-bond acceptors (Lipinski definition) is 2. The minimum atomic E-state index is -1.000. The Balaban J connectivity index is 2.02. The highest BCUT2D eigenvalue weighted by Crippen LogP contribution is 2.27. The Morgan fingerprint density at radius 2 is 1.85 bits per heavy atom. The SMILES string of the molecule is O=C(O)CCN(C(=O)Nc1cc(F)cc(F)c1)C1CC1. The summed E-state index contributed by atoms with van der Waals surface area (Å²) in [5, 5.41) is 11.0. The maximum Gasteiger partial charge on any atom is 0.322 e. The van der Waals surface area contributed by atoms with Gasteiger partial charge in [0.05, 0.1) is 6.42 Å². The first-order valence-electron chi connectivity index (χ1n) is 6.21. The summed E-state index contributed by atoms with van der Waals surface area (Å²) in [7, 11) is 0. The fraction of sp³-hybridized carbons (Fsp3) is 0.385. The predicted octanol–water partition coefficient (Wildman–Crippen LogP) is 2.44. The van der Waals surface area contributed by atoms with Gasteiger partial charge in [0, 0.05) is 24.3 Å². The second kappa shape index (κ2) is 5.85. The van der Waals surface area contributed by atoms with Crippen molar-refractivity contribution in [2.75, 3.05) is 11.9 Å². The Kier molecular flexibility index (Phi) is 4.16. The minimum Gasteiger partial charge on any atom is -0.481 e. The Labute approximate surface area is 114 Å². The van der Waals surface area contributed by atoms with Crippen LogP contribution in [0.25, 0.3) is 0 Å². The number of amides is 2. The van der Waals surface area contributed by atoms with Crippen LogP contribution in [-0.2, 0) is 4.79 Å². The molecule has 0 heterocycles. The van der Waals surface area contributed by atoms with Gasteiger partial charge < -0.3 is 15.3 Å². The lowest BCUT2D eigenvalue weighted by Crippen LogP contribution is -2.38. The molecule has 7 heteroatoms. The van der Waals surface area contributed by atoms with Crippen LogP contribution < -0.4 is 5.32 Å². The molecular weight excluding hydrogens is 270 g/mol. The van der Waals surface area contributed by atoms with Crippen LogP contribution in [0.5, 0.6) is 0 Å². The molecule has 0 saturated heterocycles. The zero-order chi connectivity index (χ0) is 14.7. The van der Waals surface area contributed by atoms with Crippen LogP contribution in [0.4, 0.5) is 19.3 Å². The van der Waals surface area contributed by atoms with Gasteiger partial charge in [-0.3, -0.25) is 4.79 Å². The number of anilines is 1. The Bertz CT molecular complexity index is 512. The molecule has 0 aromatic heterocycles. The molecule has 0 unspecified atom stereocenters. The number of benzene rings is 1. The van der Waals surface area contributed by atoms with Crippen molar-refractivity contribution >= 4 is 17.7 Å². The molecule has 0 aliphatic heterocycles. The van der Waals surface area contributed by atoms with Gasteiger partial charge in [-0.05, 0) is 25.0 Å². The molecule has 0 spiro atoms. The molecule has 0 atom stereocenters. The van der Waals surface area contributed by atoms with Gasteiger partial charge in [-0.25, -0.2) is 13.6 Å². The van der Waals surface area contributed by atoms with E-state index in [0.717, 1.165) is 25.0 Å². The van der Waals surface area contributed by atoms with E-state index in [1.165, 1.54) is 4.90 Å². The van der Waals surface area contributed by atoms with Gasteiger partial charge in [0.2, 0.25) is 0 Å². The summed E-state index contributed by atoms with van der Waals surface area (Å²) in [4.78, 5) is 24.0. The van der Waals surface area contributed by atoms with E-state index in [1.54, 1.807) is 0 Å². The van der Waals surface area contributed by atoms with Gasteiger partial charge in [-0.2, -0.15) is 0 Å². The van der Waals surface area contributed by atoms with Crippen LogP contribution in [0.3, 0.4) is 0 Å². The summed E-state index contributed by atoms with van der Waals surface area (Å²) in [5.41, 5.74) is 0.00785. The molecule has 1 aromatic rings. The largest absolute Gasteiger partial charge is 0.481 e. The van der Waals surface area contributed by atoms with Crippen LogP contribution in [0.2, 0.25) is 0 Å². The van der Waals surface area contributed by atoms with Gasteiger partial charge >= 0.3 is 12.0 Å². The van der Waals surface area contributed by atoms with Gasteiger partial charge in [0.25, 0.3) is 0 Å². The van der Waals surface area contributed by atoms with E-state index < -0.39 is 23.6 Å². The highest BCUT2D eigenvalue weighted by Gasteiger charge is 2.32. The molecule has 2 amide bonds. The first-order valence-corrected chi connectivity index (χ1v) is 6.21. The standard InChI is InChI=1S/C13H14F2N2O3/c14-8-5-9(15)7-10(6-8)16-13(20)17(11-1-2-11)4-3-12(18)19/h5-7,11H,1-4H2,(H,16,20)(H,18,19). The number of hydrogen-bond donors (Lipinski definition) is 2. The third-order valence-electron chi connectivity index (χ3n) is 2.93. The first kappa shape index (κ1) is 14.2. The summed E-state index contributed by atoms with van der Waals surface area (Å²) in [6, 6.07) is 2.18. The molecule has 108 valence electrons. The van der Waals surface area contributed by atoms with Gasteiger partial charge in [-0.15, -0.1) is 0 Å². The van der Waals surface area contributed by atoms with Crippen molar-refractivity contribution < 1.29 is 23.5 Å². The Hall–Kier alpha value is -2.18. The number of carboxylic acids is 1. The molecule has 1 fully saturated rings. The lowest BCUT2D eigenvalue weighted by atomic mass is 10.3. The van der Waals surface area contributed by atoms with Crippen molar-refractivity contribution in [1.29, 1.82) is 0 Å². The summed E-state index contributed by atoms with van der Waals surface area (Å²) in [5.74, 6) is -2.58. The van der Waals surface area contributed by atoms with Crippen molar-refractivity contribution in [1.82, 2.24) is 4.90 Å². The number of urea groups is 1. The summed E-state index contributed by atoms with van der Waals surface area (Å²) in [6.45, 7) is 0.0730.